The number of benzene rings is 1. The van der Waals surface area contributed by atoms with Crippen molar-refractivity contribution in [3.8, 4) is 0 Å². The highest BCUT2D eigenvalue weighted by Gasteiger charge is 2.22. The van der Waals surface area contributed by atoms with Crippen LogP contribution in [0.3, 0.4) is 0 Å². The number of methoxy groups -OCH3 is 1. The molecule has 1 heterocycles. The summed E-state index contributed by atoms with van der Waals surface area (Å²) in [7, 11) is 1.30. The molecule has 1 aliphatic heterocycles. The number of likely N-dealkylation sites (tertiary alicyclic amines) is 1. The van der Waals surface area contributed by atoms with Gasteiger partial charge >= 0.3 is 6.09 Å². The third-order valence-electron chi connectivity index (χ3n) is 4.67. The van der Waals surface area contributed by atoms with Gasteiger partial charge in [-0.05, 0) is 49.4 Å². The van der Waals surface area contributed by atoms with Gasteiger partial charge in [0.2, 0.25) is 5.91 Å². The van der Waals surface area contributed by atoms with E-state index in [1.54, 1.807) is 0 Å². The number of nitrogens with zero attached hydrogens (tertiary/aromatic N) is 1. The van der Waals surface area contributed by atoms with E-state index in [0.29, 0.717) is 13.0 Å². The Balaban J connectivity index is 1.96. The molecule has 0 spiro atoms. The van der Waals surface area contributed by atoms with Crippen LogP contribution in [0.25, 0.3) is 0 Å². The number of amides is 2. The molecule has 0 bridgehead atoms. The molecule has 2 amide bonds. The van der Waals surface area contributed by atoms with E-state index < -0.39 is 12.1 Å². The van der Waals surface area contributed by atoms with Crippen LogP contribution in [0.15, 0.2) is 24.3 Å². The van der Waals surface area contributed by atoms with Crippen LogP contribution in [-0.2, 0) is 22.6 Å². The lowest BCUT2D eigenvalue weighted by molar-refractivity contribution is -0.123. The summed E-state index contributed by atoms with van der Waals surface area (Å²) in [5, 5.41) is 5.60. The molecule has 2 N–H and O–H groups in total. The van der Waals surface area contributed by atoms with E-state index >= 15 is 0 Å². The Morgan fingerprint density at radius 2 is 1.81 bits per heavy atom. The van der Waals surface area contributed by atoms with Crippen LogP contribution in [0.4, 0.5) is 4.79 Å². The average Bonchev–Trinajstić information content (AvgIpc) is 3.12. The number of hydrogen-bond acceptors (Lipinski definition) is 4. The highest BCUT2D eigenvalue weighted by Crippen LogP contribution is 2.16. The molecular formula is C20H31N3O3. The van der Waals surface area contributed by atoms with Gasteiger partial charge in [-0.15, -0.1) is 0 Å². The van der Waals surface area contributed by atoms with Gasteiger partial charge in [-0.1, -0.05) is 38.1 Å². The Morgan fingerprint density at radius 1 is 1.15 bits per heavy atom. The molecule has 6 nitrogen and oxygen atoms in total. The number of hydrogen-bond donors (Lipinski definition) is 2. The SMILES string of the molecule is COC(=O)NC(CC(C)C)C(=O)NCc1ccccc1CN1CCCC1. The molecule has 1 saturated heterocycles. The van der Waals surface area contributed by atoms with Gasteiger partial charge in [-0.25, -0.2) is 4.79 Å². The molecule has 0 aromatic heterocycles. The number of alkyl carbamates (subject to hydrolysis) is 1. The maximum atomic E-state index is 12.6. The second kappa shape index (κ2) is 10.2. The van der Waals surface area contributed by atoms with Crippen molar-refractivity contribution < 1.29 is 14.3 Å². The van der Waals surface area contributed by atoms with Crippen LogP contribution in [-0.4, -0.2) is 43.1 Å². The normalized spacial score (nSPS) is 15.7. The number of carbonyl (C=O) groups excluding carboxylic acids is 2. The lowest BCUT2D eigenvalue weighted by Gasteiger charge is -2.21. The molecule has 1 unspecified atom stereocenters. The average molecular weight is 361 g/mol. The summed E-state index contributed by atoms with van der Waals surface area (Å²) >= 11 is 0. The second-order valence-electron chi connectivity index (χ2n) is 7.29. The zero-order valence-corrected chi connectivity index (χ0v) is 16.1. The fourth-order valence-corrected chi connectivity index (χ4v) is 3.28. The molecule has 0 aliphatic carbocycles. The predicted octanol–water partition coefficient (Wildman–Crippen LogP) is 2.67. The molecule has 144 valence electrons. The molecule has 6 heteroatoms. The zero-order valence-electron chi connectivity index (χ0n) is 16.1. The van der Waals surface area contributed by atoms with Crippen molar-refractivity contribution in [1.82, 2.24) is 15.5 Å². The van der Waals surface area contributed by atoms with Gasteiger partial charge in [0, 0.05) is 13.1 Å². The van der Waals surface area contributed by atoms with Gasteiger partial charge in [0.25, 0.3) is 0 Å². The lowest BCUT2D eigenvalue weighted by atomic mass is 10.0. The van der Waals surface area contributed by atoms with Crippen molar-refractivity contribution in [3.05, 3.63) is 35.4 Å². The van der Waals surface area contributed by atoms with Gasteiger partial charge in [0.1, 0.15) is 6.04 Å². The van der Waals surface area contributed by atoms with E-state index in [0.717, 1.165) is 25.2 Å². The minimum Gasteiger partial charge on any atom is -0.453 e. The first kappa shape index (κ1) is 20.2. The number of ether oxygens (including phenoxy) is 1. The van der Waals surface area contributed by atoms with E-state index in [9.17, 15) is 9.59 Å². The van der Waals surface area contributed by atoms with Crippen molar-refractivity contribution >= 4 is 12.0 Å². The van der Waals surface area contributed by atoms with E-state index in [2.05, 4.69) is 32.4 Å². The van der Waals surface area contributed by atoms with E-state index in [4.69, 9.17) is 0 Å². The van der Waals surface area contributed by atoms with Gasteiger partial charge in [0.05, 0.1) is 7.11 Å². The fourth-order valence-electron chi connectivity index (χ4n) is 3.28. The summed E-state index contributed by atoms with van der Waals surface area (Å²) in [6, 6.07) is 7.62. The maximum Gasteiger partial charge on any atom is 0.407 e. The topological polar surface area (TPSA) is 70.7 Å². The standard InChI is InChI=1S/C20H31N3O3/c1-15(2)12-18(22-20(25)26-3)19(24)21-13-16-8-4-5-9-17(16)14-23-10-6-7-11-23/h4-5,8-9,15,18H,6-7,10-14H2,1-3H3,(H,21,24)(H,22,25). The largest absolute Gasteiger partial charge is 0.453 e. The maximum absolute atomic E-state index is 12.6. The van der Waals surface area contributed by atoms with Crippen LogP contribution in [0.5, 0.6) is 0 Å². The van der Waals surface area contributed by atoms with Crippen LogP contribution in [0.2, 0.25) is 0 Å². The van der Waals surface area contributed by atoms with Crippen LogP contribution >= 0.6 is 0 Å². The Bertz CT molecular complexity index is 598. The van der Waals surface area contributed by atoms with Gasteiger partial charge in [-0.2, -0.15) is 0 Å². The highest BCUT2D eigenvalue weighted by molar-refractivity contribution is 5.85. The Labute approximate surface area is 156 Å². The highest BCUT2D eigenvalue weighted by atomic mass is 16.5. The molecule has 2 rings (SSSR count). The summed E-state index contributed by atoms with van der Waals surface area (Å²) in [5.41, 5.74) is 2.37. The third-order valence-corrected chi connectivity index (χ3v) is 4.67. The minimum atomic E-state index is -0.590. The summed E-state index contributed by atoms with van der Waals surface area (Å²) in [6.45, 7) is 7.69. The van der Waals surface area contributed by atoms with E-state index in [1.165, 1.54) is 25.5 Å². The number of rotatable bonds is 8. The fraction of sp³-hybridized carbons (Fsp3) is 0.600. The second-order valence-corrected chi connectivity index (χ2v) is 7.29. The quantitative estimate of drug-likeness (QED) is 0.747. The summed E-state index contributed by atoms with van der Waals surface area (Å²) in [5.74, 6) is 0.102. The van der Waals surface area contributed by atoms with Gasteiger partial charge in [-0.3, -0.25) is 9.69 Å². The van der Waals surface area contributed by atoms with Gasteiger partial charge < -0.3 is 15.4 Å². The number of carbonyl (C=O) groups is 2. The summed E-state index contributed by atoms with van der Waals surface area (Å²) < 4.78 is 4.63. The monoisotopic (exact) mass is 361 g/mol. The first-order valence-electron chi connectivity index (χ1n) is 9.41. The molecule has 1 fully saturated rings. The minimum absolute atomic E-state index is 0.180. The Kier molecular flexibility index (Phi) is 7.91. The molecular weight excluding hydrogens is 330 g/mol. The third kappa shape index (κ3) is 6.33. The van der Waals surface area contributed by atoms with Crippen molar-refractivity contribution in [1.29, 1.82) is 0 Å². The zero-order chi connectivity index (χ0) is 18.9. The molecule has 1 atom stereocenters. The Hall–Kier alpha value is -2.08. The summed E-state index contributed by atoms with van der Waals surface area (Å²) in [6.07, 6.45) is 2.50. The van der Waals surface area contributed by atoms with E-state index in [-0.39, 0.29) is 11.8 Å². The van der Waals surface area contributed by atoms with Crippen LogP contribution < -0.4 is 10.6 Å². The molecule has 0 radical (unpaired) electrons. The van der Waals surface area contributed by atoms with Crippen LogP contribution in [0.1, 0.15) is 44.2 Å². The molecule has 0 saturated carbocycles. The van der Waals surface area contributed by atoms with Crippen molar-refractivity contribution in [2.45, 2.75) is 52.2 Å². The van der Waals surface area contributed by atoms with E-state index in [1.807, 2.05) is 26.0 Å². The number of nitrogens with one attached hydrogen (secondary N) is 2. The van der Waals surface area contributed by atoms with Gasteiger partial charge in [0.15, 0.2) is 0 Å². The first-order chi connectivity index (χ1) is 12.5. The predicted molar refractivity (Wildman–Crippen MR) is 102 cm³/mol. The van der Waals surface area contributed by atoms with Crippen LogP contribution in [0, 0.1) is 5.92 Å². The molecule has 1 aromatic carbocycles. The first-order valence-corrected chi connectivity index (χ1v) is 9.41. The van der Waals surface area contributed by atoms with Crippen molar-refractivity contribution in [2.24, 2.45) is 5.92 Å². The summed E-state index contributed by atoms with van der Waals surface area (Å²) in [4.78, 5) is 26.5. The Morgan fingerprint density at radius 3 is 2.42 bits per heavy atom. The smallest absolute Gasteiger partial charge is 0.407 e. The van der Waals surface area contributed by atoms with Crippen molar-refractivity contribution in [3.63, 3.8) is 0 Å². The lowest BCUT2D eigenvalue weighted by Crippen LogP contribution is -2.47. The van der Waals surface area contributed by atoms with Crippen molar-refractivity contribution in [2.75, 3.05) is 20.2 Å². The molecule has 26 heavy (non-hydrogen) atoms. The molecule has 1 aliphatic rings. The molecule has 1 aromatic rings.